The lowest BCUT2D eigenvalue weighted by Crippen LogP contribution is -2.32. The maximum Gasteiger partial charge on any atom is 0.236 e. The molecule has 0 fully saturated rings. The second-order valence-corrected chi connectivity index (χ2v) is 13.7. The Labute approximate surface area is 298 Å². The summed E-state index contributed by atoms with van der Waals surface area (Å²) in [7, 11) is 0. The van der Waals surface area contributed by atoms with Gasteiger partial charge in [-0.15, -0.1) is 0 Å². The first kappa shape index (κ1) is 27.8. The molecule has 1 aliphatic carbocycles. The molecule has 0 saturated carbocycles. The van der Waals surface area contributed by atoms with E-state index in [9.17, 15) is 0 Å². The van der Waals surface area contributed by atoms with Gasteiger partial charge in [-0.3, -0.25) is 4.57 Å². The van der Waals surface area contributed by atoms with Gasteiger partial charge in [-0.1, -0.05) is 127 Å². The van der Waals surface area contributed by atoms with Gasteiger partial charge in [0.2, 0.25) is 5.95 Å². The van der Waals surface area contributed by atoms with Crippen molar-refractivity contribution in [1.82, 2.24) is 14.5 Å². The van der Waals surface area contributed by atoms with Crippen molar-refractivity contribution < 1.29 is 9.15 Å². The van der Waals surface area contributed by atoms with Crippen molar-refractivity contribution in [1.29, 1.82) is 0 Å². The molecule has 0 unspecified atom stereocenters. The molecule has 10 aromatic rings. The molecule has 12 rings (SSSR count). The smallest absolute Gasteiger partial charge is 0.236 e. The van der Waals surface area contributed by atoms with Crippen LogP contribution in [0.4, 0.5) is 0 Å². The van der Waals surface area contributed by atoms with E-state index in [0.29, 0.717) is 11.5 Å². The molecule has 0 amide bonds. The number of para-hydroxylation sites is 3. The summed E-state index contributed by atoms with van der Waals surface area (Å²) in [5.41, 5.74) is 12.6. The number of hydrogen-bond donors (Lipinski definition) is 0. The summed E-state index contributed by atoms with van der Waals surface area (Å²) in [4.78, 5) is 10.7. The van der Waals surface area contributed by atoms with E-state index >= 15 is 0 Å². The van der Waals surface area contributed by atoms with Gasteiger partial charge in [-0.25, -0.2) is 9.97 Å². The number of rotatable bonds is 2. The largest absolute Gasteiger partial charge is 0.457 e. The SMILES string of the molecule is c1ccc(-c2nc(-n3c4ccccc4c4cc5c(cc43)C3(c4ccccc4O5)c4ccccc4-c4ccccc43)nc3c2oc2ccccc23)cc1. The van der Waals surface area contributed by atoms with Gasteiger partial charge in [0.1, 0.15) is 28.3 Å². The Bertz CT molecular complexity index is 3070. The van der Waals surface area contributed by atoms with E-state index in [4.69, 9.17) is 19.1 Å². The van der Waals surface area contributed by atoms with Gasteiger partial charge in [-0.2, -0.15) is 0 Å². The fourth-order valence-electron chi connectivity index (χ4n) is 9.00. The molecule has 1 aliphatic heterocycles. The number of ether oxygens (including phenoxy) is 1. The highest BCUT2D eigenvalue weighted by atomic mass is 16.5. The Morgan fingerprint density at radius 3 is 1.94 bits per heavy atom. The highest BCUT2D eigenvalue weighted by Crippen LogP contribution is 2.62. The van der Waals surface area contributed by atoms with Crippen LogP contribution in [0.15, 0.2) is 168 Å². The third-order valence-corrected chi connectivity index (χ3v) is 11.1. The first-order chi connectivity index (χ1) is 25.8. The van der Waals surface area contributed by atoms with Gasteiger partial charge in [0.25, 0.3) is 0 Å². The van der Waals surface area contributed by atoms with Crippen LogP contribution in [0.1, 0.15) is 22.3 Å². The summed E-state index contributed by atoms with van der Waals surface area (Å²) in [6, 6.07) is 57.6. The molecule has 0 bridgehead atoms. The van der Waals surface area contributed by atoms with Crippen molar-refractivity contribution in [3.05, 3.63) is 186 Å². The minimum Gasteiger partial charge on any atom is -0.457 e. The average molecular weight is 666 g/mol. The van der Waals surface area contributed by atoms with E-state index in [1.165, 1.54) is 22.3 Å². The first-order valence-electron chi connectivity index (χ1n) is 17.6. The molecule has 2 aliphatic rings. The van der Waals surface area contributed by atoms with Gasteiger partial charge in [0, 0.05) is 32.8 Å². The van der Waals surface area contributed by atoms with Crippen LogP contribution in [0.5, 0.6) is 11.5 Å². The second kappa shape index (κ2) is 10.1. The maximum absolute atomic E-state index is 6.89. The lowest BCUT2D eigenvalue weighted by molar-refractivity contribution is 0.437. The summed E-state index contributed by atoms with van der Waals surface area (Å²) in [5, 5.41) is 3.14. The number of aromatic nitrogens is 3. The Balaban J connectivity index is 1.23. The second-order valence-electron chi connectivity index (χ2n) is 13.7. The highest BCUT2D eigenvalue weighted by molar-refractivity contribution is 6.11. The zero-order valence-corrected chi connectivity index (χ0v) is 27.7. The first-order valence-corrected chi connectivity index (χ1v) is 17.6. The standard InChI is InChI=1S/C47H27N3O2/c1-2-14-28(15-3-1)43-45-44(32-19-7-12-24-40(32)52-45)49-46(48-43)50-38-23-11-6-18-31(38)33-26-42-37(27-39(33)50)47(36-22-10-13-25-41(36)51-42)34-20-8-4-16-29(34)30-17-5-9-21-35(30)47/h1-27H. The molecule has 242 valence electrons. The Hall–Kier alpha value is -6.98. The van der Waals surface area contributed by atoms with Crippen molar-refractivity contribution in [3.8, 4) is 39.8 Å². The summed E-state index contributed by atoms with van der Waals surface area (Å²) in [5.74, 6) is 2.31. The van der Waals surface area contributed by atoms with E-state index in [1.54, 1.807) is 0 Å². The molecule has 0 N–H and O–H groups in total. The summed E-state index contributed by atoms with van der Waals surface area (Å²) in [6.07, 6.45) is 0. The Morgan fingerprint density at radius 2 is 1.13 bits per heavy atom. The monoisotopic (exact) mass is 665 g/mol. The van der Waals surface area contributed by atoms with Crippen LogP contribution >= 0.6 is 0 Å². The van der Waals surface area contributed by atoms with Crippen molar-refractivity contribution in [3.63, 3.8) is 0 Å². The van der Waals surface area contributed by atoms with Gasteiger partial charge in [-0.05, 0) is 58.7 Å². The minimum atomic E-state index is -0.590. The number of benzene rings is 7. The topological polar surface area (TPSA) is 53.1 Å². The van der Waals surface area contributed by atoms with Crippen molar-refractivity contribution in [2.24, 2.45) is 0 Å². The van der Waals surface area contributed by atoms with Crippen molar-refractivity contribution in [2.75, 3.05) is 0 Å². The molecular formula is C47H27N3O2. The predicted octanol–water partition coefficient (Wildman–Crippen LogP) is 11.6. The van der Waals surface area contributed by atoms with Crippen LogP contribution < -0.4 is 4.74 Å². The zero-order valence-electron chi connectivity index (χ0n) is 27.7. The van der Waals surface area contributed by atoms with Gasteiger partial charge < -0.3 is 9.15 Å². The van der Waals surface area contributed by atoms with E-state index in [2.05, 4.69) is 132 Å². The lowest BCUT2D eigenvalue weighted by Gasteiger charge is -2.39. The highest BCUT2D eigenvalue weighted by Gasteiger charge is 2.51. The Kier molecular flexibility index (Phi) is 5.37. The third kappa shape index (κ3) is 3.47. The lowest BCUT2D eigenvalue weighted by atomic mass is 9.66. The van der Waals surface area contributed by atoms with Crippen molar-refractivity contribution >= 4 is 43.9 Å². The fourth-order valence-corrected chi connectivity index (χ4v) is 9.00. The third-order valence-electron chi connectivity index (χ3n) is 11.1. The summed E-state index contributed by atoms with van der Waals surface area (Å²) in [6.45, 7) is 0. The number of furan rings is 1. The van der Waals surface area contributed by atoms with E-state index in [-0.39, 0.29) is 0 Å². The minimum absolute atomic E-state index is 0.586. The average Bonchev–Trinajstić information content (AvgIpc) is 3.84. The molecule has 0 radical (unpaired) electrons. The molecule has 1 spiro atoms. The van der Waals surface area contributed by atoms with E-state index in [0.717, 1.165) is 72.2 Å². The predicted molar refractivity (Wildman–Crippen MR) is 206 cm³/mol. The molecule has 0 saturated heterocycles. The van der Waals surface area contributed by atoms with Crippen LogP contribution in [0, 0.1) is 0 Å². The van der Waals surface area contributed by atoms with Gasteiger partial charge >= 0.3 is 0 Å². The summed E-state index contributed by atoms with van der Waals surface area (Å²) < 4.78 is 15.6. The number of hydrogen-bond acceptors (Lipinski definition) is 4. The van der Waals surface area contributed by atoms with Crippen LogP contribution in [0.2, 0.25) is 0 Å². The molecular weight excluding hydrogens is 639 g/mol. The van der Waals surface area contributed by atoms with Crippen LogP contribution in [0.25, 0.3) is 72.2 Å². The van der Waals surface area contributed by atoms with Crippen molar-refractivity contribution in [2.45, 2.75) is 5.41 Å². The molecule has 5 heteroatoms. The van der Waals surface area contributed by atoms with E-state index in [1.807, 2.05) is 36.4 Å². The zero-order chi connectivity index (χ0) is 34.0. The number of fused-ring (bicyclic) bond motifs is 15. The van der Waals surface area contributed by atoms with Gasteiger partial charge in [0.05, 0.1) is 16.4 Å². The number of nitrogens with zero attached hydrogens (tertiary/aromatic N) is 3. The molecule has 52 heavy (non-hydrogen) atoms. The molecule has 3 aromatic heterocycles. The van der Waals surface area contributed by atoms with E-state index < -0.39 is 5.41 Å². The van der Waals surface area contributed by atoms with Crippen LogP contribution in [0.3, 0.4) is 0 Å². The quantitative estimate of drug-likeness (QED) is 0.184. The van der Waals surface area contributed by atoms with Crippen LogP contribution in [-0.2, 0) is 5.41 Å². The molecule has 0 atom stereocenters. The fraction of sp³-hybridized carbons (Fsp3) is 0.0213. The summed E-state index contributed by atoms with van der Waals surface area (Å²) >= 11 is 0. The molecule has 7 aromatic carbocycles. The maximum atomic E-state index is 6.89. The Morgan fingerprint density at radius 1 is 0.481 bits per heavy atom. The normalized spacial score (nSPS) is 13.7. The van der Waals surface area contributed by atoms with Gasteiger partial charge in [0.15, 0.2) is 5.58 Å². The van der Waals surface area contributed by atoms with Crippen LogP contribution in [-0.4, -0.2) is 14.5 Å². The molecule has 4 heterocycles. The molecule has 5 nitrogen and oxygen atoms in total.